The second-order valence-electron chi connectivity index (χ2n) is 8.12. The number of benzene rings is 2. The molecule has 1 unspecified atom stereocenters. The van der Waals surface area contributed by atoms with Crippen molar-refractivity contribution in [1.29, 1.82) is 0 Å². The molecule has 178 valence electrons. The number of hydrazone groups is 1. The third-order valence-electron chi connectivity index (χ3n) is 5.49. The molecule has 0 spiro atoms. The van der Waals surface area contributed by atoms with Crippen molar-refractivity contribution in [3.8, 4) is 0 Å². The Bertz CT molecular complexity index is 1250. The smallest absolute Gasteiger partial charge is 0.325 e. The summed E-state index contributed by atoms with van der Waals surface area (Å²) in [6.45, 7) is 5.59. The molecule has 0 bridgehead atoms. The summed E-state index contributed by atoms with van der Waals surface area (Å²) >= 11 is 5.96. The van der Waals surface area contributed by atoms with E-state index in [-0.39, 0.29) is 18.4 Å². The molecule has 3 aromatic rings. The van der Waals surface area contributed by atoms with E-state index in [4.69, 9.17) is 16.3 Å². The second-order valence-corrected chi connectivity index (χ2v) is 8.55. The third kappa shape index (κ3) is 5.63. The number of para-hydroxylation sites is 1. The van der Waals surface area contributed by atoms with E-state index in [1.807, 2.05) is 49.6 Å². The van der Waals surface area contributed by atoms with Crippen LogP contribution in [0.3, 0.4) is 0 Å². The molecule has 0 aliphatic rings. The average Bonchev–Trinajstić information content (AvgIpc) is 3.07. The number of halogens is 1. The molecule has 1 heterocycles. The van der Waals surface area contributed by atoms with Gasteiger partial charge in [0.1, 0.15) is 12.6 Å². The van der Waals surface area contributed by atoms with Gasteiger partial charge in [0.25, 0.3) is 11.8 Å². The molecule has 0 saturated carbocycles. The zero-order chi connectivity index (χ0) is 24.8. The lowest BCUT2D eigenvalue weighted by atomic mass is 10.0. The van der Waals surface area contributed by atoms with Crippen LogP contribution in [0.1, 0.15) is 35.5 Å². The van der Waals surface area contributed by atoms with E-state index >= 15 is 0 Å². The number of nitrogens with zero attached hydrogens (tertiary/aromatic N) is 2. The highest BCUT2D eigenvalue weighted by Crippen LogP contribution is 2.24. The quantitative estimate of drug-likeness (QED) is 0.290. The minimum atomic E-state index is -0.801. The maximum Gasteiger partial charge on any atom is 0.325 e. The lowest BCUT2D eigenvalue weighted by Gasteiger charge is -2.20. The van der Waals surface area contributed by atoms with Gasteiger partial charge in [0.05, 0.1) is 13.3 Å². The van der Waals surface area contributed by atoms with Crippen molar-refractivity contribution in [3.05, 3.63) is 70.4 Å². The van der Waals surface area contributed by atoms with E-state index in [1.165, 1.54) is 13.2 Å². The molecule has 8 nitrogen and oxygen atoms in total. The Kier molecular flexibility index (Phi) is 8.07. The Morgan fingerprint density at radius 1 is 1.15 bits per heavy atom. The Morgan fingerprint density at radius 2 is 1.88 bits per heavy atom. The van der Waals surface area contributed by atoms with E-state index in [0.717, 1.165) is 22.2 Å². The Balaban J connectivity index is 1.78. The minimum absolute atomic E-state index is 0.0635. The molecule has 0 radical (unpaired) electrons. The van der Waals surface area contributed by atoms with Gasteiger partial charge in [-0.3, -0.25) is 14.4 Å². The number of fused-ring (bicyclic) bond motifs is 1. The number of methoxy groups -OCH3 is 1. The molecular weight excluding hydrogens is 456 g/mol. The van der Waals surface area contributed by atoms with Gasteiger partial charge < -0.3 is 14.6 Å². The first-order valence-corrected chi connectivity index (χ1v) is 11.1. The van der Waals surface area contributed by atoms with E-state index in [9.17, 15) is 14.4 Å². The zero-order valence-corrected chi connectivity index (χ0v) is 20.2. The number of esters is 1. The highest BCUT2D eigenvalue weighted by molar-refractivity contribution is 6.31. The predicted molar refractivity (Wildman–Crippen MR) is 132 cm³/mol. The summed E-state index contributed by atoms with van der Waals surface area (Å²) in [5.41, 5.74) is 5.31. The Morgan fingerprint density at radius 3 is 2.56 bits per heavy atom. The van der Waals surface area contributed by atoms with Crippen LogP contribution >= 0.6 is 11.6 Å². The van der Waals surface area contributed by atoms with Gasteiger partial charge in [0.2, 0.25) is 0 Å². The highest BCUT2D eigenvalue weighted by atomic mass is 35.5. The maximum atomic E-state index is 12.8. The molecule has 2 amide bonds. The number of rotatable bonds is 8. The van der Waals surface area contributed by atoms with Crippen LogP contribution in [0.5, 0.6) is 0 Å². The summed E-state index contributed by atoms with van der Waals surface area (Å²) in [7, 11) is 1.34. The van der Waals surface area contributed by atoms with Gasteiger partial charge in [-0.2, -0.15) is 5.10 Å². The monoisotopic (exact) mass is 482 g/mol. The van der Waals surface area contributed by atoms with Gasteiger partial charge in [-0.1, -0.05) is 49.7 Å². The van der Waals surface area contributed by atoms with Crippen LogP contribution in [-0.4, -0.2) is 41.7 Å². The molecule has 0 saturated heterocycles. The van der Waals surface area contributed by atoms with Gasteiger partial charge in [-0.15, -0.1) is 0 Å². The Labute approximate surface area is 202 Å². The van der Waals surface area contributed by atoms with Crippen molar-refractivity contribution in [1.82, 2.24) is 15.3 Å². The van der Waals surface area contributed by atoms with E-state index in [0.29, 0.717) is 10.6 Å². The van der Waals surface area contributed by atoms with Crippen LogP contribution < -0.4 is 10.7 Å². The van der Waals surface area contributed by atoms with Crippen LogP contribution in [0.2, 0.25) is 5.02 Å². The summed E-state index contributed by atoms with van der Waals surface area (Å²) in [6, 6.07) is 13.3. The number of nitrogens with one attached hydrogen (secondary N) is 2. The van der Waals surface area contributed by atoms with Crippen molar-refractivity contribution in [3.63, 3.8) is 0 Å². The molecule has 0 fully saturated rings. The minimum Gasteiger partial charge on any atom is -0.468 e. The number of carbonyl (C=O) groups excluding carboxylic acids is 3. The molecule has 34 heavy (non-hydrogen) atoms. The third-order valence-corrected chi connectivity index (χ3v) is 5.72. The SMILES string of the molecule is COC(=O)Cn1c(C)c(C=NNC(=O)C(NC(=O)c2cccc(Cl)c2)C(C)C)c2ccccc21. The maximum absolute atomic E-state index is 12.8. The van der Waals surface area contributed by atoms with Crippen molar-refractivity contribution in [2.45, 2.75) is 33.4 Å². The standard InChI is InChI=1S/C25H27ClN4O4/c1-15(2)23(28-24(32)17-8-7-9-18(26)12-17)25(33)29-27-13-20-16(3)30(14-22(31)34-4)21-11-6-5-10-19(20)21/h5-13,15,23H,14H2,1-4H3,(H,28,32)(H,29,33). The number of hydrogen-bond acceptors (Lipinski definition) is 5. The van der Waals surface area contributed by atoms with E-state index in [2.05, 4.69) is 15.8 Å². The van der Waals surface area contributed by atoms with Gasteiger partial charge in [-0.05, 0) is 37.1 Å². The number of ether oxygens (including phenoxy) is 1. The number of hydrogen-bond donors (Lipinski definition) is 2. The van der Waals surface area contributed by atoms with Gasteiger partial charge in [-0.25, -0.2) is 5.43 Å². The summed E-state index contributed by atoms with van der Waals surface area (Å²) < 4.78 is 6.65. The summed E-state index contributed by atoms with van der Waals surface area (Å²) in [5, 5.41) is 8.20. The molecule has 0 aliphatic heterocycles. The fourth-order valence-corrected chi connectivity index (χ4v) is 3.83. The van der Waals surface area contributed by atoms with E-state index in [1.54, 1.807) is 24.4 Å². The first-order chi connectivity index (χ1) is 16.2. The summed E-state index contributed by atoms with van der Waals surface area (Å²) in [4.78, 5) is 37.3. The largest absolute Gasteiger partial charge is 0.468 e. The molecular formula is C25H27ClN4O4. The van der Waals surface area contributed by atoms with Crippen LogP contribution in [0.25, 0.3) is 10.9 Å². The number of amides is 2. The van der Waals surface area contributed by atoms with Crippen molar-refractivity contribution in [2.75, 3.05) is 7.11 Å². The average molecular weight is 483 g/mol. The first-order valence-electron chi connectivity index (χ1n) is 10.8. The van der Waals surface area contributed by atoms with Crippen molar-refractivity contribution < 1.29 is 19.1 Å². The first kappa shape index (κ1) is 25.0. The zero-order valence-electron chi connectivity index (χ0n) is 19.5. The second kappa shape index (κ2) is 11.0. The molecule has 1 aromatic heterocycles. The Hall–Kier alpha value is -3.65. The van der Waals surface area contributed by atoms with Crippen LogP contribution in [-0.2, 0) is 20.9 Å². The van der Waals surface area contributed by atoms with Crippen LogP contribution in [0.4, 0.5) is 0 Å². The van der Waals surface area contributed by atoms with Crippen LogP contribution in [0, 0.1) is 12.8 Å². The molecule has 3 rings (SSSR count). The molecule has 2 aromatic carbocycles. The summed E-state index contributed by atoms with van der Waals surface area (Å²) in [5.74, 6) is -1.39. The predicted octanol–water partition coefficient (Wildman–Crippen LogP) is 3.68. The molecule has 2 N–H and O–H groups in total. The van der Waals surface area contributed by atoms with Crippen molar-refractivity contribution in [2.24, 2.45) is 11.0 Å². The summed E-state index contributed by atoms with van der Waals surface area (Å²) in [6.07, 6.45) is 1.54. The molecule has 1 atom stereocenters. The van der Waals surface area contributed by atoms with Gasteiger partial charge >= 0.3 is 5.97 Å². The molecule has 9 heteroatoms. The fraction of sp³-hybridized carbons (Fsp3) is 0.280. The number of carbonyl (C=O) groups is 3. The highest BCUT2D eigenvalue weighted by Gasteiger charge is 2.24. The van der Waals surface area contributed by atoms with Gasteiger partial charge in [0.15, 0.2) is 0 Å². The van der Waals surface area contributed by atoms with E-state index < -0.39 is 17.9 Å². The fourth-order valence-electron chi connectivity index (χ4n) is 3.64. The topological polar surface area (TPSA) is 102 Å². The lowest BCUT2D eigenvalue weighted by Crippen LogP contribution is -2.48. The number of aromatic nitrogens is 1. The van der Waals surface area contributed by atoms with Crippen molar-refractivity contribution >= 4 is 46.5 Å². The normalized spacial score (nSPS) is 12.2. The van der Waals surface area contributed by atoms with Gasteiger partial charge in [0, 0.05) is 32.7 Å². The lowest BCUT2D eigenvalue weighted by molar-refractivity contribution is -0.141. The van der Waals surface area contributed by atoms with Crippen LogP contribution in [0.15, 0.2) is 53.6 Å². The molecule has 0 aliphatic carbocycles.